The minimum absolute atomic E-state index is 0. The van der Waals surface area contributed by atoms with E-state index in [2.05, 4.69) is 4.31 Å². The molecule has 0 rings (SSSR count). The van der Waals surface area contributed by atoms with Crippen molar-refractivity contribution in [2.24, 2.45) is 0 Å². The number of phosphoric acid groups is 2. The van der Waals surface area contributed by atoms with E-state index in [1.54, 1.807) is 0 Å². The van der Waals surface area contributed by atoms with Gasteiger partial charge in [-0.2, -0.15) is 4.31 Å². The van der Waals surface area contributed by atoms with Crippen LogP contribution in [0.2, 0.25) is 0 Å². The maximum Gasteiger partial charge on any atom is 0.478 e. The predicted octanol–water partition coefficient (Wildman–Crippen LogP) is -0.819. The average molecular weight is 452 g/mol. The molecule has 0 aromatic rings. The molecular formula is H4O7P2Zr3. The molecule has 68 valence electrons. The van der Waals surface area contributed by atoms with E-state index < -0.39 is 15.6 Å². The molecule has 0 amide bonds. The van der Waals surface area contributed by atoms with Crippen molar-refractivity contribution < 1.29 is 112 Å². The zero-order valence-electron chi connectivity index (χ0n) is 5.41. The van der Waals surface area contributed by atoms with Crippen molar-refractivity contribution in [3.63, 3.8) is 0 Å². The van der Waals surface area contributed by atoms with Crippen LogP contribution in [0.15, 0.2) is 0 Å². The maximum absolute atomic E-state index is 9.63. The Morgan fingerprint density at radius 1 is 0.750 bits per heavy atom. The van der Waals surface area contributed by atoms with Gasteiger partial charge in [0.1, 0.15) is 0 Å². The molecule has 0 aliphatic rings. The monoisotopic (exact) mass is 448 g/mol. The van der Waals surface area contributed by atoms with Gasteiger partial charge in [-0.3, -0.25) is 0 Å². The molecule has 0 atom stereocenters. The van der Waals surface area contributed by atoms with E-state index in [1.165, 1.54) is 0 Å². The van der Waals surface area contributed by atoms with E-state index in [0.717, 1.165) is 0 Å². The molecule has 0 saturated carbocycles. The fourth-order valence-corrected chi connectivity index (χ4v) is 1.25. The number of rotatable bonds is 2. The molecule has 0 aliphatic heterocycles. The van der Waals surface area contributed by atoms with Crippen molar-refractivity contribution in [2.45, 2.75) is 0 Å². The molecule has 7 nitrogen and oxygen atoms in total. The van der Waals surface area contributed by atoms with Gasteiger partial charge < -0.3 is 19.6 Å². The Hall–Kier alpha value is 2.91. The molecule has 0 radical (unpaired) electrons. The third-order valence-electron chi connectivity index (χ3n) is 0.213. The Bertz CT molecular complexity index is 157. The molecule has 0 aliphatic carbocycles. The molecule has 0 aromatic carbocycles. The van der Waals surface area contributed by atoms with Gasteiger partial charge in [-0.05, 0) is 0 Å². The molecule has 0 heterocycles. The van der Waals surface area contributed by atoms with Crippen molar-refractivity contribution in [2.75, 3.05) is 0 Å². The Morgan fingerprint density at radius 2 is 0.917 bits per heavy atom. The van der Waals surface area contributed by atoms with Gasteiger partial charge in [0, 0.05) is 78.6 Å². The summed E-state index contributed by atoms with van der Waals surface area (Å²) < 4.78 is 22.2. The van der Waals surface area contributed by atoms with Gasteiger partial charge in [-0.25, -0.2) is 9.13 Å². The first-order valence-electron chi connectivity index (χ1n) is 1.53. The van der Waals surface area contributed by atoms with Gasteiger partial charge >= 0.3 is 15.6 Å². The molecule has 12 heavy (non-hydrogen) atoms. The van der Waals surface area contributed by atoms with Gasteiger partial charge in [0.15, 0.2) is 0 Å². The summed E-state index contributed by atoms with van der Waals surface area (Å²) in [6.45, 7) is 0. The smallest absolute Gasteiger partial charge is 0.302 e. The second-order valence-corrected chi connectivity index (χ2v) is 3.68. The zero-order valence-corrected chi connectivity index (χ0v) is 14.6. The van der Waals surface area contributed by atoms with Gasteiger partial charge in [0.2, 0.25) is 0 Å². The van der Waals surface area contributed by atoms with Crippen molar-refractivity contribution in [1.82, 2.24) is 0 Å². The van der Waals surface area contributed by atoms with Crippen LogP contribution in [0.5, 0.6) is 0 Å². The zero-order chi connectivity index (χ0) is 7.71. The van der Waals surface area contributed by atoms with E-state index >= 15 is 0 Å². The van der Waals surface area contributed by atoms with E-state index in [0.29, 0.717) is 0 Å². The summed E-state index contributed by atoms with van der Waals surface area (Å²) in [6.07, 6.45) is 0. The van der Waals surface area contributed by atoms with Crippen LogP contribution in [0, 0.1) is 0 Å². The predicted molar refractivity (Wildman–Crippen MR) is 25.2 cm³/mol. The van der Waals surface area contributed by atoms with E-state index in [4.69, 9.17) is 19.6 Å². The second kappa shape index (κ2) is 9.16. The van der Waals surface area contributed by atoms with Crippen molar-refractivity contribution in [3.8, 4) is 0 Å². The summed E-state index contributed by atoms with van der Waals surface area (Å²) in [5.41, 5.74) is 0. The first kappa shape index (κ1) is 24.2. The van der Waals surface area contributed by atoms with Gasteiger partial charge in [0.25, 0.3) is 0 Å². The summed E-state index contributed by atoms with van der Waals surface area (Å²) in [4.78, 5) is 31.0. The van der Waals surface area contributed by atoms with Crippen molar-refractivity contribution in [3.05, 3.63) is 0 Å². The van der Waals surface area contributed by atoms with Crippen LogP contribution in [-0.2, 0) is 92.1 Å². The van der Waals surface area contributed by atoms with E-state index in [1.807, 2.05) is 0 Å². The summed E-state index contributed by atoms with van der Waals surface area (Å²) >= 11 is 0. The third-order valence-corrected chi connectivity index (χ3v) is 1.91. The van der Waals surface area contributed by atoms with E-state index in [9.17, 15) is 9.13 Å². The average Bonchev–Trinajstić information content (AvgIpc) is 1.14. The SMILES string of the molecule is O=P(O)(O)OP(=O)(O)O.[Zr].[Zr].[Zr]. The van der Waals surface area contributed by atoms with Crippen LogP contribution in [0.25, 0.3) is 0 Å². The first-order valence-corrected chi connectivity index (χ1v) is 4.59. The second-order valence-electron chi connectivity index (χ2n) is 1.06. The van der Waals surface area contributed by atoms with Crippen LogP contribution < -0.4 is 0 Å². The molecule has 0 fully saturated rings. The fraction of sp³-hybridized carbons (Fsp3) is 0. The van der Waals surface area contributed by atoms with Gasteiger partial charge in [0.05, 0.1) is 0 Å². The topological polar surface area (TPSA) is 124 Å². The van der Waals surface area contributed by atoms with Crippen LogP contribution >= 0.6 is 15.6 Å². The molecule has 0 unspecified atom stereocenters. The Kier molecular flexibility index (Phi) is 18.5. The van der Waals surface area contributed by atoms with Crippen LogP contribution in [0.3, 0.4) is 0 Å². The quantitative estimate of drug-likeness (QED) is 0.405. The Labute approximate surface area is 126 Å². The van der Waals surface area contributed by atoms with Crippen LogP contribution in [0.4, 0.5) is 0 Å². The van der Waals surface area contributed by atoms with Crippen molar-refractivity contribution >= 4 is 15.6 Å². The minimum atomic E-state index is -5.05. The first-order chi connectivity index (χ1) is 3.71. The summed E-state index contributed by atoms with van der Waals surface area (Å²) in [6, 6.07) is 0. The maximum atomic E-state index is 9.63. The molecule has 0 aromatic heterocycles. The number of hydrogen-bond acceptors (Lipinski definition) is 3. The molecule has 0 bridgehead atoms. The van der Waals surface area contributed by atoms with Gasteiger partial charge in [-0.15, -0.1) is 0 Å². The van der Waals surface area contributed by atoms with E-state index in [-0.39, 0.29) is 78.6 Å². The summed E-state index contributed by atoms with van der Waals surface area (Å²) in [7, 11) is -10.1. The fourth-order valence-electron chi connectivity index (χ4n) is 0.139. The summed E-state index contributed by atoms with van der Waals surface area (Å²) in [5.74, 6) is 0. The molecule has 0 spiro atoms. The minimum Gasteiger partial charge on any atom is -0.302 e. The van der Waals surface area contributed by atoms with Crippen molar-refractivity contribution in [1.29, 1.82) is 0 Å². The Balaban J connectivity index is -0.000000107. The van der Waals surface area contributed by atoms with Crippen LogP contribution in [-0.4, -0.2) is 19.6 Å². The normalized spacial score (nSPS) is 10.3. The Morgan fingerprint density at radius 3 is 0.917 bits per heavy atom. The van der Waals surface area contributed by atoms with Gasteiger partial charge in [-0.1, -0.05) is 0 Å². The molecule has 4 N–H and O–H groups in total. The van der Waals surface area contributed by atoms with Crippen LogP contribution in [0.1, 0.15) is 0 Å². The largest absolute Gasteiger partial charge is 0.478 e. The third kappa shape index (κ3) is 23.1. The molecular weight excluding hydrogens is 448 g/mol. The molecule has 12 heteroatoms. The standard InChI is InChI=1S/H4O7P2.3Zr/c1-8(2,3)7-9(4,5)6;;;/h(H2,1,2,3)(H2,4,5,6);;;. The number of hydrogen-bond donors (Lipinski definition) is 4. The summed E-state index contributed by atoms with van der Waals surface area (Å²) in [5, 5.41) is 0. The molecule has 0 saturated heterocycles.